The van der Waals surface area contributed by atoms with Gasteiger partial charge in [-0.2, -0.15) is 0 Å². The summed E-state index contributed by atoms with van der Waals surface area (Å²) < 4.78 is 0. The van der Waals surface area contributed by atoms with E-state index in [0.717, 1.165) is 6.42 Å². The Morgan fingerprint density at radius 2 is 1.95 bits per heavy atom. The fourth-order valence-electron chi connectivity index (χ4n) is 3.01. The Kier molecular flexibility index (Phi) is 4.07. The molecule has 1 N–H and O–H groups in total. The van der Waals surface area contributed by atoms with Crippen molar-refractivity contribution in [3.05, 3.63) is 71.8 Å². The number of benzene rings is 2. The molecule has 112 valence electrons. The van der Waals surface area contributed by atoms with Crippen molar-refractivity contribution in [3.8, 4) is 11.1 Å². The van der Waals surface area contributed by atoms with Crippen LogP contribution in [0.15, 0.2) is 55.1 Å². The lowest BCUT2D eigenvalue weighted by molar-refractivity contribution is 0.0743. The van der Waals surface area contributed by atoms with Gasteiger partial charge >= 0.3 is 0 Å². The van der Waals surface area contributed by atoms with E-state index in [0.29, 0.717) is 18.7 Å². The lowest BCUT2D eigenvalue weighted by Crippen LogP contribution is -2.33. The van der Waals surface area contributed by atoms with Crippen molar-refractivity contribution in [1.82, 2.24) is 4.90 Å². The quantitative estimate of drug-likeness (QED) is 0.735. The van der Waals surface area contributed by atoms with E-state index < -0.39 is 0 Å². The molecule has 0 unspecified atom stereocenters. The molecule has 0 atom stereocenters. The van der Waals surface area contributed by atoms with Crippen LogP contribution >= 0.6 is 0 Å². The van der Waals surface area contributed by atoms with Crippen LogP contribution in [0.2, 0.25) is 0 Å². The van der Waals surface area contributed by atoms with Crippen molar-refractivity contribution in [1.29, 1.82) is 0 Å². The molecule has 3 heteroatoms. The first-order valence-electron chi connectivity index (χ1n) is 7.47. The summed E-state index contributed by atoms with van der Waals surface area (Å²) in [6.45, 7) is 4.39. The molecule has 3 nitrogen and oxygen atoms in total. The normalized spacial score (nSPS) is 11.7. The van der Waals surface area contributed by atoms with Gasteiger partial charge in [0.2, 0.25) is 0 Å². The monoisotopic (exact) mass is 293 g/mol. The van der Waals surface area contributed by atoms with Gasteiger partial charge in [0.25, 0.3) is 5.91 Å². The number of hydrogen-bond donors (Lipinski definition) is 1. The molecule has 2 aromatic carbocycles. The Hall–Kier alpha value is -2.39. The number of carbonyl (C=O) groups excluding carboxylic acids is 1. The molecule has 0 saturated carbocycles. The highest BCUT2D eigenvalue weighted by Crippen LogP contribution is 2.36. The van der Waals surface area contributed by atoms with Crippen LogP contribution in [-0.4, -0.2) is 35.6 Å². The molecule has 0 aliphatic heterocycles. The van der Waals surface area contributed by atoms with E-state index in [4.69, 9.17) is 5.11 Å². The molecule has 0 radical (unpaired) electrons. The number of nitrogens with zero attached hydrogens (tertiary/aromatic N) is 1. The van der Waals surface area contributed by atoms with Crippen LogP contribution in [0, 0.1) is 0 Å². The van der Waals surface area contributed by atoms with Gasteiger partial charge in [-0.25, -0.2) is 0 Å². The van der Waals surface area contributed by atoms with Gasteiger partial charge in [0.1, 0.15) is 0 Å². The molecule has 0 fully saturated rings. The molecule has 0 bridgehead atoms. The van der Waals surface area contributed by atoms with Crippen molar-refractivity contribution in [2.45, 2.75) is 6.42 Å². The topological polar surface area (TPSA) is 40.5 Å². The molecule has 22 heavy (non-hydrogen) atoms. The number of aliphatic hydroxyl groups excluding tert-OH is 1. The minimum absolute atomic E-state index is 0.0457. The van der Waals surface area contributed by atoms with Gasteiger partial charge in [0.15, 0.2) is 0 Å². The van der Waals surface area contributed by atoms with E-state index in [1.165, 1.54) is 22.3 Å². The first kappa shape index (κ1) is 14.5. The second kappa shape index (κ2) is 6.16. The predicted molar refractivity (Wildman–Crippen MR) is 87.9 cm³/mol. The SMILES string of the molecule is C=CCN(CCO)C(=O)c1ccc2c(c1)Cc1ccccc1-2. The third-order valence-corrected chi connectivity index (χ3v) is 4.05. The molecular weight excluding hydrogens is 274 g/mol. The molecule has 0 heterocycles. The van der Waals surface area contributed by atoms with E-state index in [9.17, 15) is 4.79 Å². The summed E-state index contributed by atoms with van der Waals surface area (Å²) in [4.78, 5) is 14.2. The Labute approximate surface area is 130 Å². The summed E-state index contributed by atoms with van der Waals surface area (Å²) >= 11 is 0. The van der Waals surface area contributed by atoms with Gasteiger partial charge in [-0.3, -0.25) is 4.79 Å². The summed E-state index contributed by atoms with van der Waals surface area (Å²) in [5.41, 5.74) is 5.64. The smallest absolute Gasteiger partial charge is 0.254 e. The van der Waals surface area contributed by atoms with E-state index in [2.05, 4.69) is 18.7 Å². The number of rotatable bonds is 5. The second-order valence-electron chi connectivity index (χ2n) is 5.47. The third-order valence-electron chi connectivity index (χ3n) is 4.05. The number of carbonyl (C=O) groups is 1. The van der Waals surface area contributed by atoms with Gasteiger partial charge in [-0.1, -0.05) is 36.4 Å². The average Bonchev–Trinajstić information content (AvgIpc) is 2.91. The standard InChI is InChI=1S/C19H19NO2/c1-2-9-20(10-11-21)19(22)15-7-8-18-16(13-15)12-14-5-3-4-6-17(14)18/h2-8,13,21H,1,9-12H2. The van der Waals surface area contributed by atoms with E-state index in [-0.39, 0.29) is 12.5 Å². The predicted octanol–water partition coefficient (Wildman–Crippen LogP) is 2.88. The largest absolute Gasteiger partial charge is 0.395 e. The Bertz CT molecular complexity index is 721. The number of amides is 1. The van der Waals surface area contributed by atoms with Crippen molar-refractivity contribution in [2.75, 3.05) is 19.7 Å². The maximum Gasteiger partial charge on any atom is 0.254 e. The maximum absolute atomic E-state index is 12.6. The van der Waals surface area contributed by atoms with Gasteiger partial charge in [-0.05, 0) is 40.8 Å². The number of aliphatic hydroxyl groups is 1. The summed E-state index contributed by atoms with van der Waals surface area (Å²) in [5, 5.41) is 9.10. The number of hydrogen-bond acceptors (Lipinski definition) is 2. The molecule has 0 spiro atoms. The molecule has 1 aliphatic rings. The van der Waals surface area contributed by atoms with Crippen molar-refractivity contribution >= 4 is 5.91 Å². The second-order valence-corrected chi connectivity index (χ2v) is 5.47. The molecule has 3 rings (SSSR count). The summed E-state index contributed by atoms with van der Waals surface area (Å²) in [6, 6.07) is 14.2. The van der Waals surface area contributed by atoms with E-state index >= 15 is 0 Å². The maximum atomic E-state index is 12.6. The summed E-state index contributed by atoms with van der Waals surface area (Å²) in [7, 11) is 0. The van der Waals surface area contributed by atoms with Crippen molar-refractivity contribution in [3.63, 3.8) is 0 Å². The van der Waals surface area contributed by atoms with Gasteiger partial charge in [0, 0.05) is 18.7 Å². The lowest BCUT2D eigenvalue weighted by atomic mass is 10.0. The van der Waals surface area contributed by atoms with Crippen LogP contribution in [0.25, 0.3) is 11.1 Å². The van der Waals surface area contributed by atoms with Crippen LogP contribution in [0.3, 0.4) is 0 Å². The molecule has 0 saturated heterocycles. The van der Waals surface area contributed by atoms with Crippen LogP contribution < -0.4 is 0 Å². The van der Waals surface area contributed by atoms with Gasteiger partial charge in [0.05, 0.1) is 6.61 Å². The minimum atomic E-state index is -0.0623. The van der Waals surface area contributed by atoms with Gasteiger partial charge < -0.3 is 10.0 Å². The lowest BCUT2D eigenvalue weighted by Gasteiger charge is -2.20. The zero-order valence-corrected chi connectivity index (χ0v) is 12.5. The highest BCUT2D eigenvalue weighted by atomic mass is 16.3. The number of fused-ring (bicyclic) bond motifs is 3. The molecule has 1 aliphatic carbocycles. The van der Waals surface area contributed by atoms with Gasteiger partial charge in [-0.15, -0.1) is 6.58 Å². The molecule has 2 aromatic rings. The highest BCUT2D eigenvalue weighted by molar-refractivity contribution is 5.95. The zero-order valence-electron chi connectivity index (χ0n) is 12.5. The highest BCUT2D eigenvalue weighted by Gasteiger charge is 2.21. The Morgan fingerprint density at radius 1 is 1.18 bits per heavy atom. The van der Waals surface area contributed by atoms with Crippen LogP contribution in [0.5, 0.6) is 0 Å². The zero-order chi connectivity index (χ0) is 15.5. The summed E-state index contributed by atoms with van der Waals surface area (Å²) in [6.07, 6.45) is 2.55. The fourth-order valence-corrected chi connectivity index (χ4v) is 3.01. The molecule has 0 aromatic heterocycles. The minimum Gasteiger partial charge on any atom is -0.395 e. The fraction of sp³-hybridized carbons (Fsp3) is 0.211. The Balaban J connectivity index is 1.90. The first-order chi connectivity index (χ1) is 10.7. The summed E-state index contributed by atoms with van der Waals surface area (Å²) in [5.74, 6) is -0.0623. The Morgan fingerprint density at radius 3 is 2.73 bits per heavy atom. The third kappa shape index (κ3) is 2.55. The van der Waals surface area contributed by atoms with Crippen LogP contribution in [0.1, 0.15) is 21.5 Å². The molecule has 1 amide bonds. The van der Waals surface area contributed by atoms with Crippen LogP contribution in [0.4, 0.5) is 0 Å². The van der Waals surface area contributed by atoms with Crippen LogP contribution in [-0.2, 0) is 6.42 Å². The average molecular weight is 293 g/mol. The van der Waals surface area contributed by atoms with E-state index in [1.54, 1.807) is 11.0 Å². The first-order valence-corrected chi connectivity index (χ1v) is 7.47. The van der Waals surface area contributed by atoms with Crippen molar-refractivity contribution < 1.29 is 9.90 Å². The molecular formula is C19H19NO2. The van der Waals surface area contributed by atoms with Crippen molar-refractivity contribution in [2.24, 2.45) is 0 Å². The van der Waals surface area contributed by atoms with E-state index in [1.807, 2.05) is 30.3 Å².